The first-order valence-corrected chi connectivity index (χ1v) is 8.37. The monoisotopic (exact) mass is 339 g/mol. The Morgan fingerprint density at radius 1 is 1.43 bits per heavy atom. The summed E-state index contributed by atoms with van der Waals surface area (Å²) in [6, 6.07) is 6.49. The summed E-state index contributed by atoms with van der Waals surface area (Å²) in [5.41, 5.74) is 9.17. The fourth-order valence-corrected chi connectivity index (χ4v) is 3.32. The van der Waals surface area contributed by atoms with Gasteiger partial charge in [-0.05, 0) is 49.8 Å². The predicted octanol–water partition coefficient (Wildman–Crippen LogP) is 2.98. The maximum Gasteiger partial charge on any atom is 0.238 e. The molecule has 130 valence electrons. The topological polar surface area (TPSA) is 58.4 Å². The summed E-state index contributed by atoms with van der Waals surface area (Å²) in [6.45, 7) is 8.45. The van der Waals surface area contributed by atoms with Gasteiger partial charge in [0.05, 0.1) is 6.54 Å². The molecular weight excluding hydrogens is 310 g/mol. The maximum atomic E-state index is 12.5. The van der Waals surface area contributed by atoms with Gasteiger partial charge in [-0.1, -0.05) is 32.0 Å². The van der Waals surface area contributed by atoms with Crippen LogP contribution in [0.5, 0.6) is 0 Å². The molecule has 2 rings (SSSR count). The number of anilines is 1. The van der Waals surface area contributed by atoms with Crippen molar-refractivity contribution in [1.29, 1.82) is 0 Å². The molecule has 1 aromatic rings. The number of para-hydroxylation sites is 1. The summed E-state index contributed by atoms with van der Waals surface area (Å²) in [5, 5.41) is 3.11. The summed E-state index contributed by atoms with van der Waals surface area (Å²) < 4.78 is 0. The summed E-state index contributed by atoms with van der Waals surface area (Å²) in [4.78, 5) is 14.7. The van der Waals surface area contributed by atoms with Crippen molar-refractivity contribution in [3.63, 3.8) is 0 Å². The molecule has 0 aromatic heterocycles. The van der Waals surface area contributed by atoms with Gasteiger partial charge < -0.3 is 11.1 Å². The van der Waals surface area contributed by atoms with Crippen molar-refractivity contribution in [2.45, 2.75) is 46.1 Å². The molecule has 1 aliphatic rings. The molecular formula is C18H30ClN3O. The van der Waals surface area contributed by atoms with Crippen molar-refractivity contribution in [2.24, 2.45) is 11.7 Å². The number of aryl methyl sites for hydroxylation is 2. The highest BCUT2D eigenvalue weighted by atomic mass is 35.5. The molecule has 2 unspecified atom stereocenters. The van der Waals surface area contributed by atoms with Crippen LogP contribution >= 0.6 is 12.4 Å². The number of halogens is 1. The number of nitrogens with zero attached hydrogens (tertiary/aromatic N) is 1. The van der Waals surface area contributed by atoms with Gasteiger partial charge in [0.2, 0.25) is 5.91 Å². The van der Waals surface area contributed by atoms with Crippen LogP contribution < -0.4 is 11.1 Å². The molecule has 3 N–H and O–H groups in total. The highest BCUT2D eigenvalue weighted by Gasteiger charge is 2.26. The van der Waals surface area contributed by atoms with E-state index < -0.39 is 0 Å². The Balaban J connectivity index is 0.00000264. The normalized spacial score (nSPS) is 21.6. The van der Waals surface area contributed by atoms with Crippen molar-refractivity contribution < 1.29 is 4.79 Å². The van der Waals surface area contributed by atoms with E-state index in [4.69, 9.17) is 5.73 Å². The first-order valence-electron chi connectivity index (χ1n) is 8.37. The van der Waals surface area contributed by atoms with Gasteiger partial charge in [-0.3, -0.25) is 9.69 Å². The largest absolute Gasteiger partial charge is 0.329 e. The number of hydrogen-bond acceptors (Lipinski definition) is 3. The molecule has 23 heavy (non-hydrogen) atoms. The SMILES string of the molecule is CCc1cccc(C)c1NC(=O)CN1CCC(C)CC1CN.Cl. The minimum Gasteiger partial charge on any atom is -0.329 e. The standard InChI is InChI=1S/C18H29N3O.ClH/c1-4-15-7-5-6-14(3)18(15)20-17(22)12-21-9-8-13(2)10-16(21)11-19;/h5-7,13,16H,4,8-12,19H2,1-3H3,(H,20,22);1H. The Labute approximate surface area is 146 Å². The zero-order valence-corrected chi connectivity index (χ0v) is 15.3. The molecule has 0 bridgehead atoms. The summed E-state index contributed by atoms with van der Waals surface area (Å²) in [6.07, 6.45) is 3.16. The third-order valence-electron chi connectivity index (χ3n) is 4.72. The first kappa shape index (κ1) is 19.9. The maximum absolute atomic E-state index is 12.5. The Bertz CT molecular complexity index is 521. The molecule has 1 saturated heterocycles. The van der Waals surface area contributed by atoms with E-state index in [9.17, 15) is 4.79 Å². The van der Waals surface area contributed by atoms with Crippen LogP contribution in [0.25, 0.3) is 0 Å². The summed E-state index contributed by atoms with van der Waals surface area (Å²) >= 11 is 0. The van der Waals surface area contributed by atoms with E-state index in [-0.39, 0.29) is 18.3 Å². The Hall–Kier alpha value is -1.10. The van der Waals surface area contributed by atoms with Gasteiger partial charge in [0.25, 0.3) is 0 Å². The van der Waals surface area contributed by atoms with Gasteiger partial charge in [0.15, 0.2) is 0 Å². The average molecular weight is 340 g/mol. The quantitative estimate of drug-likeness (QED) is 0.867. The second-order valence-electron chi connectivity index (χ2n) is 6.50. The van der Waals surface area contributed by atoms with Crippen molar-refractivity contribution in [3.8, 4) is 0 Å². The molecule has 1 aromatic carbocycles. The van der Waals surface area contributed by atoms with E-state index in [1.54, 1.807) is 0 Å². The van der Waals surface area contributed by atoms with Gasteiger partial charge in [-0.15, -0.1) is 12.4 Å². The van der Waals surface area contributed by atoms with Crippen LogP contribution in [0.2, 0.25) is 0 Å². The van der Waals surface area contributed by atoms with Gasteiger partial charge in [-0.2, -0.15) is 0 Å². The van der Waals surface area contributed by atoms with Gasteiger partial charge in [-0.25, -0.2) is 0 Å². The van der Waals surface area contributed by atoms with Crippen LogP contribution in [-0.4, -0.2) is 36.5 Å². The third kappa shape index (κ3) is 5.20. The number of hydrogen-bond donors (Lipinski definition) is 2. The third-order valence-corrected chi connectivity index (χ3v) is 4.72. The Morgan fingerprint density at radius 2 is 2.17 bits per heavy atom. The summed E-state index contributed by atoms with van der Waals surface area (Å²) in [5.74, 6) is 0.771. The number of nitrogens with two attached hydrogens (primary N) is 1. The zero-order valence-electron chi connectivity index (χ0n) is 14.5. The fourth-order valence-electron chi connectivity index (χ4n) is 3.32. The van der Waals surface area contributed by atoms with Crippen LogP contribution in [0.3, 0.4) is 0 Å². The number of carbonyl (C=O) groups excluding carboxylic acids is 1. The fraction of sp³-hybridized carbons (Fsp3) is 0.611. The zero-order chi connectivity index (χ0) is 16.1. The van der Waals surface area contributed by atoms with Crippen LogP contribution in [0, 0.1) is 12.8 Å². The Morgan fingerprint density at radius 3 is 2.83 bits per heavy atom. The van der Waals surface area contributed by atoms with Gasteiger partial charge in [0, 0.05) is 18.3 Å². The molecule has 1 fully saturated rings. The Kier molecular flexibility index (Phi) is 8.03. The van der Waals surface area contributed by atoms with E-state index in [1.807, 2.05) is 19.1 Å². The second-order valence-corrected chi connectivity index (χ2v) is 6.50. The molecule has 1 aliphatic heterocycles. The minimum absolute atomic E-state index is 0. The molecule has 4 nitrogen and oxygen atoms in total. The smallest absolute Gasteiger partial charge is 0.238 e. The first-order chi connectivity index (χ1) is 10.5. The molecule has 0 aliphatic carbocycles. The van der Waals surface area contributed by atoms with E-state index in [0.29, 0.717) is 25.0 Å². The molecule has 5 heteroatoms. The predicted molar refractivity (Wildman–Crippen MR) is 99.2 cm³/mol. The van der Waals surface area contributed by atoms with E-state index in [2.05, 4.69) is 30.1 Å². The number of nitrogens with one attached hydrogen (secondary N) is 1. The highest BCUT2D eigenvalue weighted by molar-refractivity contribution is 5.93. The molecule has 1 heterocycles. The van der Waals surface area contributed by atoms with Crippen molar-refractivity contribution >= 4 is 24.0 Å². The van der Waals surface area contributed by atoms with E-state index >= 15 is 0 Å². The molecule has 1 amide bonds. The van der Waals surface area contributed by atoms with Crippen molar-refractivity contribution in [3.05, 3.63) is 29.3 Å². The minimum atomic E-state index is 0. The number of piperidine rings is 1. The lowest BCUT2D eigenvalue weighted by atomic mass is 9.92. The number of amides is 1. The molecule has 0 saturated carbocycles. The number of benzene rings is 1. The average Bonchev–Trinajstić information content (AvgIpc) is 2.51. The second kappa shape index (κ2) is 9.26. The lowest BCUT2D eigenvalue weighted by molar-refractivity contribution is -0.118. The summed E-state index contributed by atoms with van der Waals surface area (Å²) in [7, 11) is 0. The van der Waals surface area contributed by atoms with Crippen molar-refractivity contribution in [2.75, 3.05) is 25.0 Å². The molecule has 0 radical (unpaired) electrons. The van der Waals surface area contributed by atoms with Gasteiger partial charge >= 0.3 is 0 Å². The number of carbonyl (C=O) groups is 1. The number of likely N-dealkylation sites (tertiary alicyclic amines) is 1. The number of rotatable bonds is 5. The van der Waals surface area contributed by atoms with Crippen LogP contribution in [-0.2, 0) is 11.2 Å². The van der Waals surface area contributed by atoms with E-state index in [1.165, 1.54) is 5.56 Å². The van der Waals surface area contributed by atoms with Crippen LogP contribution in [0.1, 0.15) is 37.8 Å². The molecule has 0 spiro atoms. The lowest BCUT2D eigenvalue weighted by Crippen LogP contribution is -2.49. The lowest BCUT2D eigenvalue weighted by Gasteiger charge is -2.37. The molecule has 2 atom stereocenters. The van der Waals surface area contributed by atoms with Crippen LogP contribution in [0.15, 0.2) is 18.2 Å². The van der Waals surface area contributed by atoms with E-state index in [0.717, 1.165) is 37.1 Å². The van der Waals surface area contributed by atoms with Crippen molar-refractivity contribution in [1.82, 2.24) is 4.90 Å². The van der Waals surface area contributed by atoms with Gasteiger partial charge in [0.1, 0.15) is 0 Å². The van der Waals surface area contributed by atoms with Crippen LogP contribution in [0.4, 0.5) is 5.69 Å². The highest BCUT2D eigenvalue weighted by Crippen LogP contribution is 2.23.